The van der Waals surface area contributed by atoms with E-state index < -0.39 is 29.6 Å². The molecule has 10 heteroatoms. The van der Waals surface area contributed by atoms with Gasteiger partial charge in [-0.2, -0.15) is 0 Å². The van der Waals surface area contributed by atoms with Crippen molar-refractivity contribution in [3.05, 3.63) is 51.9 Å². The van der Waals surface area contributed by atoms with Crippen LogP contribution in [0.5, 0.6) is 0 Å². The second kappa shape index (κ2) is 6.02. The van der Waals surface area contributed by atoms with Crippen LogP contribution in [0.25, 0.3) is 0 Å². The number of imide groups is 1. The van der Waals surface area contributed by atoms with Crippen molar-refractivity contribution in [2.45, 2.75) is 6.10 Å². The molecule has 9 nitrogen and oxygen atoms in total. The molecule has 0 unspecified atom stereocenters. The number of rotatable bonds is 4. The van der Waals surface area contributed by atoms with Crippen molar-refractivity contribution in [1.82, 2.24) is 0 Å². The number of hydrogen-bond acceptors (Lipinski definition) is 9. The van der Waals surface area contributed by atoms with Crippen LogP contribution in [-0.4, -0.2) is 34.6 Å². The van der Waals surface area contributed by atoms with Crippen LogP contribution in [-0.2, 0) is 14.4 Å². The molecule has 0 aliphatic carbocycles. The van der Waals surface area contributed by atoms with E-state index in [0.29, 0.717) is 4.88 Å². The number of amides is 2. The third-order valence-corrected chi connectivity index (χ3v) is 4.97. The van der Waals surface area contributed by atoms with E-state index in [1.165, 1.54) is 35.6 Å². The normalized spacial score (nSPS) is 21.5. The van der Waals surface area contributed by atoms with Gasteiger partial charge in [-0.1, -0.05) is 17.3 Å². The van der Waals surface area contributed by atoms with E-state index in [4.69, 9.17) is 10.0 Å². The molecular formula is C16H10N3O6S-. The van der Waals surface area contributed by atoms with Crippen molar-refractivity contribution in [2.75, 3.05) is 10.1 Å². The van der Waals surface area contributed by atoms with Crippen molar-refractivity contribution < 1.29 is 24.4 Å². The zero-order valence-corrected chi connectivity index (χ0v) is 13.8. The van der Waals surface area contributed by atoms with Gasteiger partial charge in [0.2, 0.25) is 17.8 Å². The standard InChI is InChI=1S/C16H10N3O6S/c20-13(10-5-2-6-26-10)12-11-14(25-17-12)16(22)18(15(11)21)8-3-1-4-9(7-8)19(23)24/h1-7,11,14,23H/q-1/t11-,14-/m1/s1. The van der Waals surface area contributed by atoms with Crippen molar-refractivity contribution >= 4 is 46.0 Å². The lowest BCUT2D eigenvalue weighted by Gasteiger charge is -2.23. The lowest BCUT2D eigenvalue weighted by atomic mass is 9.96. The molecule has 1 aromatic carbocycles. The first-order chi connectivity index (χ1) is 12.5. The maximum Gasteiger partial charge on any atom is 0.278 e. The average Bonchev–Trinajstić information content (AvgIpc) is 3.34. The number of benzene rings is 1. The first kappa shape index (κ1) is 16.4. The quantitative estimate of drug-likeness (QED) is 0.491. The third-order valence-electron chi connectivity index (χ3n) is 4.10. The van der Waals surface area contributed by atoms with Gasteiger partial charge in [0.15, 0.2) is 0 Å². The van der Waals surface area contributed by atoms with E-state index in [-0.39, 0.29) is 22.3 Å². The van der Waals surface area contributed by atoms with E-state index in [0.717, 1.165) is 4.90 Å². The predicted octanol–water partition coefficient (Wildman–Crippen LogP) is 1.57. The van der Waals surface area contributed by atoms with E-state index in [1.54, 1.807) is 17.5 Å². The molecule has 2 aliphatic heterocycles. The maximum absolute atomic E-state index is 12.8. The second-order valence-corrected chi connectivity index (χ2v) is 6.54. The molecule has 2 aliphatic rings. The number of anilines is 2. The molecule has 2 amide bonds. The van der Waals surface area contributed by atoms with Gasteiger partial charge in [-0.25, -0.2) is 4.90 Å². The Bertz CT molecular complexity index is 939. The summed E-state index contributed by atoms with van der Waals surface area (Å²) in [6.07, 6.45) is -1.22. The molecule has 0 saturated carbocycles. The number of carbonyl (C=O) groups is 3. The van der Waals surface area contributed by atoms with Gasteiger partial charge in [0.05, 0.1) is 16.3 Å². The molecule has 1 fully saturated rings. The van der Waals surface area contributed by atoms with Gasteiger partial charge >= 0.3 is 0 Å². The van der Waals surface area contributed by atoms with Gasteiger partial charge < -0.3 is 15.3 Å². The highest BCUT2D eigenvalue weighted by Crippen LogP contribution is 2.35. The minimum atomic E-state index is -1.22. The van der Waals surface area contributed by atoms with E-state index in [2.05, 4.69) is 5.16 Å². The topological polar surface area (TPSA) is 123 Å². The number of ketones is 1. The Morgan fingerprint density at radius 1 is 1.27 bits per heavy atom. The number of Topliss-reactive ketones (excluding diaryl/α,β-unsaturated/α-hetero) is 1. The van der Waals surface area contributed by atoms with Crippen molar-refractivity contribution in [1.29, 1.82) is 0 Å². The SMILES string of the molecule is O=C(C1=NO[C@H]2C(=O)N(c3cccc(N([O-])O)c3)C(=O)[C@H]12)c1cccs1. The van der Waals surface area contributed by atoms with Crippen LogP contribution in [0.1, 0.15) is 9.67 Å². The van der Waals surface area contributed by atoms with Gasteiger partial charge in [0.1, 0.15) is 11.6 Å². The summed E-state index contributed by atoms with van der Waals surface area (Å²) < 4.78 is 0. The molecule has 4 rings (SSSR count). The number of carbonyl (C=O) groups excluding carboxylic acids is 3. The minimum Gasteiger partial charge on any atom is -0.733 e. The predicted molar refractivity (Wildman–Crippen MR) is 91.0 cm³/mol. The number of hydrogen-bond donors (Lipinski definition) is 1. The molecule has 132 valence electrons. The fraction of sp³-hybridized carbons (Fsp3) is 0.125. The first-order valence-electron chi connectivity index (χ1n) is 7.45. The summed E-state index contributed by atoms with van der Waals surface area (Å²) in [6.45, 7) is 0. The van der Waals surface area contributed by atoms with Crippen LogP contribution in [0.4, 0.5) is 11.4 Å². The van der Waals surface area contributed by atoms with E-state index in [9.17, 15) is 19.6 Å². The van der Waals surface area contributed by atoms with Crippen molar-refractivity contribution in [3.8, 4) is 0 Å². The Balaban J connectivity index is 1.67. The Kier molecular flexibility index (Phi) is 3.80. The lowest BCUT2D eigenvalue weighted by molar-refractivity contribution is -0.126. The highest BCUT2D eigenvalue weighted by atomic mass is 32.1. The summed E-state index contributed by atoms with van der Waals surface area (Å²) in [5.74, 6) is -2.97. The Morgan fingerprint density at radius 3 is 2.77 bits per heavy atom. The highest BCUT2D eigenvalue weighted by Gasteiger charge is 2.57. The molecule has 1 aromatic heterocycles. The number of nitrogens with zero attached hydrogens (tertiary/aromatic N) is 3. The smallest absolute Gasteiger partial charge is 0.278 e. The summed E-state index contributed by atoms with van der Waals surface area (Å²) in [5.41, 5.74) is -0.181. The van der Waals surface area contributed by atoms with Crippen LogP contribution in [0.3, 0.4) is 0 Å². The fourth-order valence-corrected chi connectivity index (χ4v) is 3.58. The van der Waals surface area contributed by atoms with Crippen molar-refractivity contribution in [3.63, 3.8) is 0 Å². The second-order valence-electron chi connectivity index (χ2n) is 5.59. The summed E-state index contributed by atoms with van der Waals surface area (Å²) in [4.78, 5) is 44.2. The summed E-state index contributed by atoms with van der Waals surface area (Å²) in [7, 11) is 0. The van der Waals surface area contributed by atoms with Gasteiger partial charge in [0.25, 0.3) is 5.91 Å². The number of fused-ring (bicyclic) bond motifs is 1. The highest BCUT2D eigenvalue weighted by molar-refractivity contribution is 7.13. The molecule has 2 aromatic rings. The summed E-state index contributed by atoms with van der Waals surface area (Å²) in [6, 6.07) is 8.62. The maximum atomic E-state index is 12.8. The third kappa shape index (κ3) is 2.39. The van der Waals surface area contributed by atoms with Gasteiger partial charge in [-0.3, -0.25) is 19.6 Å². The largest absolute Gasteiger partial charge is 0.733 e. The van der Waals surface area contributed by atoms with Crippen LogP contribution in [0.2, 0.25) is 0 Å². The Morgan fingerprint density at radius 2 is 2.08 bits per heavy atom. The summed E-state index contributed by atoms with van der Waals surface area (Å²) >= 11 is 1.19. The van der Waals surface area contributed by atoms with Crippen LogP contribution in [0.15, 0.2) is 46.9 Å². The molecule has 1 saturated heterocycles. The molecule has 0 spiro atoms. The van der Waals surface area contributed by atoms with Crippen molar-refractivity contribution in [2.24, 2.45) is 11.1 Å². The van der Waals surface area contributed by atoms with Gasteiger partial charge in [0, 0.05) is 0 Å². The van der Waals surface area contributed by atoms with Crippen LogP contribution in [0, 0.1) is 11.1 Å². The van der Waals surface area contributed by atoms with E-state index >= 15 is 0 Å². The molecule has 0 radical (unpaired) electrons. The Hall–Kier alpha value is -3.08. The lowest BCUT2D eigenvalue weighted by Crippen LogP contribution is -2.34. The molecular weight excluding hydrogens is 362 g/mol. The summed E-state index contributed by atoms with van der Waals surface area (Å²) in [5, 5.41) is 25.0. The zero-order valence-electron chi connectivity index (χ0n) is 12.9. The Labute approximate surface area is 150 Å². The molecule has 3 heterocycles. The van der Waals surface area contributed by atoms with Gasteiger partial charge in [-0.05, 0) is 29.6 Å². The van der Waals surface area contributed by atoms with E-state index in [1.807, 2.05) is 0 Å². The monoisotopic (exact) mass is 372 g/mol. The zero-order chi connectivity index (χ0) is 18.4. The average molecular weight is 372 g/mol. The fourth-order valence-electron chi connectivity index (χ4n) is 2.91. The molecule has 26 heavy (non-hydrogen) atoms. The number of thiophene rings is 1. The minimum absolute atomic E-state index is 0.0910. The molecule has 1 N–H and O–H groups in total. The first-order valence-corrected chi connectivity index (χ1v) is 8.33. The number of oxime groups is 1. The van der Waals surface area contributed by atoms with Crippen LogP contribution < -0.4 is 10.1 Å². The molecule has 0 bridgehead atoms. The van der Waals surface area contributed by atoms with Gasteiger partial charge in [-0.15, -0.1) is 11.3 Å². The van der Waals surface area contributed by atoms with Crippen LogP contribution >= 0.6 is 11.3 Å². The molecule has 2 atom stereocenters.